The molecular formula is C14H16N2O3. The van der Waals surface area contributed by atoms with Gasteiger partial charge in [0.25, 0.3) is 0 Å². The summed E-state index contributed by atoms with van der Waals surface area (Å²) >= 11 is 0. The lowest BCUT2D eigenvalue weighted by Crippen LogP contribution is -2.07. The molecule has 0 atom stereocenters. The van der Waals surface area contributed by atoms with Crippen LogP contribution in [0.15, 0.2) is 30.6 Å². The molecule has 2 rings (SSSR count). The number of carboxylic acid groups (broad SMARTS) is 1. The number of aromatic carboxylic acids is 1. The van der Waals surface area contributed by atoms with Gasteiger partial charge in [-0.25, -0.2) is 9.78 Å². The molecule has 5 nitrogen and oxygen atoms in total. The van der Waals surface area contributed by atoms with Crippen LogP contribution < -0.4 is 4.74 Å². The number of nitrogens with zero attached hydrogens (tertiary/aromatic N) is 2. The second-order valence-electron chi connectivity index (χ2n) is 4.15. The zero-order valence-electron chi connectivity index (χ0n) is 11.0. The van der Waals surface area contributed by atoms with Crippen LogP contribution in [0.2, 0.25) is 0 Å². The highest BCUT2D eigenvalue weighted by molar-refractivity contribution is 5.90. The summed E-state index contributed by atoms with van der Waals surface area (Å²) in [4.78, 5) is 15.2. The normalized spacial score (nSPS) is 10.4. The molecule has 1 N–H and O–H groups in total. The van der Waals surface area contributed by atoms with Crippen molar-refractivity contribution in [2.75, 3.05) is 0 Å². The standard InChI is InChI=1S/C14H16N2O3/c1-3-16-8-7-15-13(16)9-19-12-6-4-5-11(10(12)2)14(17)18/h4-8H,3,9H2,1-2H3,(H,17,18). The van der Waals surface area contributed by atoms with E-state index in [2.05, 4.69) is 4.98 Å². The van der Waals surface area contributed by atoms with Crippen molar-refractivity contribution in [2.24, 2.45) is 0 Å². The highest BCUT2D eigenvalue weighted by atomic mass is 16.5. The Hall–Kier alpha value is -2.30. The highest BCUT2D eigenvalue weighted by Gasteiger charge is 2.11. The van der Waals surface area contributed by atoms with Gasteiger partial charge < -0.3 is 14.4 Å². The molecule has 19 heavy (non-hydrogen) atoms. The van der Waals surface area contributed by atoms with Gasteiger partial charge in [-0.1, -0.05) is 6.07 Å². The molecule has 1 heterocycles. The van der Waals surface area contributed by atoms with Gasteiger partial charge >= 0.3 is 5.97 Å². The fourth-order valence-corrected chi connectivity index (χ4v) is 1.91. The largest absolute Gasteiger partial charge is 0.485 e. The number of aryl methyl sites for hydroxylation is 1. The van der Waals surface area contributed by atoms with Gasteiger partial charge in [0, 0.05) is 24.5 Å². The number of hydrogen-bond acceptors (Lipinski definition) is 3. The van der Waals surface area contributed by atoms with E-state index in [-0.39, 0.29) is 5.56 Å². The molecule has 0 saturated heterocycles. The van der Waals surface area contributed by atoms with Crippen molar-refractivity contribution >= 4 is 5.97 Å². The van der Waals surface area contributed by atoms with Crippen LogP contribution in [0.1, 0.15) is 28.7 Å². The van der Waals surface area contributed by atoms with Crippen LogP contribution in [0.4, 0.5) is 0 Å². The Bertz CT molecular complexity index is 590. The van der Waals surface area contributed by atoms with E-state index < -0.39 is 5.97 Å². The summed E-state index contributed by atoms with van der Waals surface area (Å²) in [6.07, 6.45) is 3.61. The fraction of sp³-hybridized carbons (Fsp3) is 0.286. The lowest BCUT2D eigenvalue weighted by Gasteiger charge is -2.11. The predicted molar refractivity (Wildman–Crippen MR) is 70.4 cm³/mol. The lowest BCUT2D eigenvalue weighted by molar-refractivity contribution is 0.0695. The van der Waals surface area contributed by atoms with Crippen LogP contribution in [0.3, 0.4) is 0 Å². The fourth-order valence-electron chi connectivity index (χ4n) is 1.91. The number of ether oxygens (including phenoxy) is 1. The zero-order chi connectivity index (χ0) is 13.8. The van der Waals surface area contributed by atoms with E-state index in [1.54, 1.807) is 31.3 Å². The number of carboxylic acids is 1. The second-order valence-corrected chi connectivity index (χ2v) is 4.15. The average molecular weight is 260 g/mol. The third-order valence-corrected chi connectivity index (χ3v) is 3.01. The van der Waals surface area contributed by atoms with E-state index in [0.717, 1.165) is 12.4 Å². The summed E-state index contributed by atoms with van der Waals surface area (Å²) in [7, 11) is 0. The molecule has 0 spiro atoms. The van der Waals surface area contributed by atoms with Gasteiger partial charge in [-0.3, -0.25) is 0 Å². The molecule has 0 bridgehead atoms. The number of imidazole rings is 1. The van der Waals surface area contributed by atoms with Crippen molar-refractivity contribution in [3.8, 4) is 5.75 Å². The quantitative estimate of drug-likeness (QED) is 0.897. The van der Waals surface area contributed by atoms with Gasteiger partial charge in [0.15, 0.2) is 0 Å². The van der Waals surface area contributed by atoms with Crippen molar-refractivity contribution < 1.29 is 14.6 Å². The molecule has 0 amide bonds. The Kier molecular flexibility index (Phi) is 3.85. The molecule has 0 aliphatic carbocycles. The molecule has 0 fully saturated rings. The van der Waals surface area contributed by atoms with Crippen LogP contribution in [-0.4, -0.2) is 20.6 Å². The maximum Gasteiger partial charge on any atom is 0.336 e. The first-order valence-corrected chi connectivity index (χ1v) is 6.09. The van der Waals surface area contributed by atoms with E-state index in [9.17, 15) is 4.79 Å². The van der Waals surface area contributed by atoms with Crippen LogP contribution in [0.25, 0.3) is 0 Å². The smallest absolute Gasteiger partial charge is 0.336 e. The van der Waals surface area contributed by atoms with Crippen molar-refractivity contribution in [1.29, 1.82) is 0 Å². The Morgan fingerprint density at radius 1 is 1.47 bits per heavy atom. The van der Waals surface area contributed by atoms with Gasteiger partial charge in [0.2, 0.25) is 0 Å². The Morgan fingerprint density at radius 3 is 2.95 bits per heavy atom. The van der Waals surface area contributed by atoms with E-state index in [1.807, 2.05) is 17.7 Å². The number of benzene rings is 1. The summed E-state index contributed by atoms with van der Waals surface area (Å²) < 4.78 is 7.65. The summed E-state index contributed by atoms with van der Waals surface area (Å²) in [6, 6.07) is 5.01. The monoisotopic (exact) mass is 260 g/mol. The Balaban J connectivity index is 2.16. The van der Waals surface area contributed by atoms with Gasteiger partial charge in [0.1, 0.15) is 18.2 Å². The van der Waals surface area contributed by atoms with Crippen molar-refractivity contribution in [3.05, 3.63) is 47.5 Å². The molecule has 5 heteroatoms. The van der Waals surface area contributed by atoms with Crippen molar-refractivity contribution in [1.82, 2.24) is 9.55 Å². The molecule has 0 unspecified atom stereocenters. The van der Waals surface area contributed by atoms with Gasteiger partial charge in [-0.05, 0) is 26.0 Å². The average Bonchev–Trinajstić information content (AvgIpc) is 2.84. The van der Waals surface area contributed by atoms with E-state index in [4.69, 9.17) is 9.84 Å². The maximum atomic E-state index is 11.0. The molecule has 0 aliphatic rings. The van der Waals surface area contributed by atoms with Gasteiger partial charge in [-0.15, -0.1) is 0 Å². The third-order valence-electron chi connectivity index (χ3n) is 3.01. The first-order valence-electron chi connectivity index (χ1n) is 6.09. The molecular weight excluding hydrogens is 244 g/mol. The zero-order valence-corrected chi connectivity index (χ0v) is 11.0. The second kappa shape index (κ2) is 5.56. The number of carbonyl (C=O) groups is 1. The Labute approximate surface area is 111 Å². The summed E-state index contributed by atoms with van der Waals surface area (Å²) in [5.74, 6) is 0.450. The van der Waals surface area contributed by atoms with E-state index in [0.29, 0.717) is 17.9 Å². The minimum absolute atomic E-state index is 0.260. The minimum atomic E-state index is -0.946. The van der Waals surface area contributed by atoms with E-state index >= 15 is 0 Å². The molecule has 2 aromatic rings. The number of aromatic nitrogens is 2. The molecule has 0 radical (unpaired) electrons. The summed E-state index contributed by atoms with van der Waals surface area (Å²) in [5, 5.41) is 9.05. The lowest BCUT2D eigenvalue weighted by atomic mass is 10.1. The van der Waals surface area contributed by atoms with Crippen LogP contribution in [0.5, 0.6) is 5.75 Å². The first-order chi connectivity index (χ1) is 9.13. The maximum absolute atomic E-state index is 11.0. The van der Waals surface area contributed by atoms with Crippen LogP contribution >= 0.6 is 0 Å². The Morgan fingerprint density at radius 2 is 2.26 bits per heavy atom. The van der Waals surface area contributed by atoms with Crippen LogP contribution in [0, 0.1) is 6.92 Å². The van der Waals surface area contributed by atoms with Gasteiger partial charge in [-0.2, -0.15) is 0 Å². The number of rotatable bonds is 5. The first kappa shape index (κ1) is 13.1. The topological polar surface area (TPSA) is 64.4 Å². The third kappa shape index (κ3) is 2.76. The number of hydrogen-bond donors (Lipinski definition) is 1. The molecule has 1 aromatic carbocycles. The minimum Gasteiger partial charge on any atom is -0.485 e. The molecule has 0 saturated carbocycles. The van der Waals surface area contributed by atoms with Crippen molar-refractivity contribution in [3.63, 3.8) is 0 Å². The van der Waals surface area contributed by atoms with Gasteiger partial charge in [0.05, 0.1) is 5.56 Å². The summed E-state index contributed by atoms with van der Waals surface area (Å²) in [5.41, 5.74) is 0.890. The SMILES string of the molecule is CCn1ccnc1COc1cccc(C(=O)O)c1C. The van der Waals surface area contributed by atoms with E-state index in [1.165, 1.54) is 0 Å². The van der Waals surface area contributed by atoms with Crippen molar-refractivity contribution in [2.45, 2.75) is 27.0 Å². The molecule has 1 aromatic heterocycles. The highest BCUT2D eigenvalue weighted by Crippen LogP contribution is 2.22. The van der Waals surface area contributed by atoms with Crippen LogP contribution in [-0.2, 0) is 13.2 Å². The molecule has 100 valence electrons. The molecule has 0 aliphatic heterocycles. The predicted octanol–water partition coefficient (Wildman–Crippen LogP) is 2.49. The summed E-state index contributed by atoms with van der Waals surface area (Å²) in [6.45, 7) is 4.92.